The van der Waals surface area contributed by atoms with Crippen LogP contribution in [0, 0.1) is 0 Å². The van der Waals surface area contributed by atoms with Gasteiger partial charge in [-0.3, -0.25) is 9.89 Å². The van der Waals surface area contributed by atoms with E-state index in [9.17, 15) is 9.90 Å². The van der Waals surface area contributed by atoms with Gasteiger partial charge < -0.3 is 20.5 Å². The van der Waals surface area contributed by atoms with Gasteiger partial charge in [-0.15, -0.1) is 10.2 Å². The van der Waals surface area contributed by atoms with E-state index in [1.807, 2.05) is 17.0 Å². The molecule has 3 aromatic rings. The zero-order valence-corrected chi connectivity index (χ0v) is 17.6. The predicted octanol–water partition coefficient (Wildman–Crippen LogP) is 2.49. The topological polar surface area (TPSA) is 130 Å². The Morgan fingerprint density at radius 1 is 1.16 bits per heavy atom. The molecule has 2 saturated heterocycles. The van der Waals surface area contributed by atoms with Gasteiger partial charge in [-0.25, -0.2) is 0 Å². The van der Waals surface area contributed by atoms with E-state index in [1.54, 1.807) is 30.6 Å². The minimum atomic E-state index is 0.0113. The van der Waals surface area contributed by atoms with Gasteiger partial charge in [0.1, 0.15) is 11.9 Å². The normalized spacial score (nSPS) is 22.2. The number of benzene rings is 1. The van der Waals surface area contributed by atoms with Crippen molar-refractivity contribution in [1.82, 2.24) is 25.3 Å². The highest BCUT2D eigenvalue weighted by Gasteiger charge is 2.43. The summed E-state index contributed by atoms with van der Waals surface area (Å²) in [6.07, 6.45) is 7.51. The summed E-state index contributed by atoms with van der Waals surface area (Å²) in [7, 11) is 0. The van der Waals surface area contributed by atoms with Gasteiger partial charge in [0.15, 0.2) is 0 Å². The first-order chi connectivity index (χ1) is 15.6. The first-order valence-electron chi connectivity index (χ1n) is 11.0. The number of ether oxygens (including phenoxy) is 1. The number of piperidine rings is 1. The summed E-state index contributed by atoms with van der Waals surface area (Å²) in [6.45, 7) is 0.387. The summed E-state index contributed by atoms with van der Waals surface area (Å²) in [5, 5.41) is 25.7. The van der Waals surface area contributed by atoms with Crippen LogP contribution < -0.4 is 10.5 Å². The summed E-state index contributed by atoms with van der Waals surface area (Å²) in [5.41, 5.74) is 8.48. The lowest BCUT2D eigenvalue weighted by Crippen LogP contribution is -2.49. The molecule has 9 heteroatoms. The minimum absolute atomic E-state index is 0.0113. The van der Waals surface area contributed by atoms with E-state index in [2.05, 4.69) is 20.4 Å². The Labute approximate surface area is 185 Å². The molecule has 0 saturated carbocycles. The van der Waals surface area contributed by atoms with Gasteiger partial charge in [0.25, 0.3) is 0 Å². The van der Waals surface area contributed by atoms with Crippen LogP contribution >= 0.6 is 0 Å². The molecule has 2 aromatic heterocycles. The van der Waals surface area contributed by atoms with Gasteiger partial charge in [-0.2, -0.15) is 5.10 Å². The number of aromatic nitrogens is 4. The van der Waals surface area contributed by atoms with Gasteiger partial charge >= 0.3 is 0 Å². The van der Waals surface area contributed by atoms with Gasteiger partial charge in [0.2, 0.25) is 11.8 Å². The molecule has 0 spiro atoms. The zero-order chi connectivity index (χ0) is 22.1. The molecule has 4 heterocycles. The number of nitrogens with zero attached hydrogens (tertiary/aromatic N) is 4. The molecule has 9 nitrogen and oxygen atoms in total. The van der Waals surface area contributed by atoms with Crippen LogP contribution in [0.1, 0.15) is 32.1 Å². The Bertz CT molecular complexity index is 1070. The fourth-order valence-electron chi connectivity index (χ4n) is 4.92. The summed E-state index contributed by atoms with van der Waals surface area (Å²) in [4.78, 5) is 14.4. The standard InChI is InChI=1S/C23H26N6O3/c24-8-7-23(31)29-16-2-3-17(29)11-18(10-16)32-22-6-5-20(27-28-22)19-4-1-14(9-21(19)30)15-12-25-26-13-15/h1,4-6,9,12-13,16-18,30H,2-3,7-8,10-11,24H2,(H,25,26)/t16-,17+,18-. The number of nitrogens with two attached hydrogens (primary N) is 1. The second-order valence-corrected chi connectivity index (χ2v) is 8.41. The molecular weight excluding hydrogens is 408 g/mol. The number of phenols is 1. The van der Waals surface area contributed by atoms with Crippen LogP contribution in [-0.2, 0) is 4.79 Å². The van der Waals surface area contributed by atoms with Gasteiger partial charge in [-0.1, -0.05) is 6.07 Å². The number of aromatic amines is 1. The lowest BCUT2D eigenvalue weighted by Gasteiger charge is -2.38. The average Bonchev–Trinajstić information content (AvgIpc) is 3.42. The number of carbonyl (C=O) groups is 1. The largest absolute Gasteiger partial charge is 0.507 e. The van der Waals surface area contributed by atoms with Crippen molar-refractivity contribution in [3.63, 3.8) is 0 Å². The summed E-state index contributed by atoms with van der Waals surface area (Å²) < 4.78 is 6.10. The van der Waals surface area contributed by atoms with E-state index < -0.39 is 0 Å². The first kappa shape index (κ1) is 20.4. The lowest BCUT2D eigenvalue weighted by molar-refractivity contribution is -0.136. The smallest absolute Gasteiger partial charge is 0.233 e. The van der Waals surface area contributed by atoms with Crippen LogP contribution in [0.5, 0.6) is 11.6 Å². The van der Waals surface area contributed by atoms with Crippen molar-refractivity contribution in [2.45, 2.75) is 50.3 Å². The Kier molecular flexibility index (Phi) is 5.48. The third-order valence-electron chi connectivity index (χ3n) is 6.37. The van der Waals surface area contributed by atoms with Gasteiger partial charge in [0, 0.05) is 61.3 Å². The molecular formula is C23H26N6O3. The van der Waals surface area contributed by atoms with Crippen LogP contribution in [0.2, 0.25) is 0 Å². The summed E-state index contributed by atoms with van der Waals surface area (Å²) >= 11 is 0. The molecule has 0 aliphatic carbocycles. The number of carbonyl (C=O) groups excluding carboxylic acids is 1. The Morgan fingerprint density at radius 3 is 2.59 bits per heavy atom. The maximum Gasteiger partial charge on any atom is 0.233 e. The average molecular weight is 435 g/mol. The van der Waals surface area contributed by atoms with Crippen molar-refractivity contribution >= 4 is 5.91 Å². The molecule has 3 atom stereocenters. The number of rotatable bonds is 6. The van der Waals surface area contributed by atoms with Crippen LogP contribution in [0.25, 0.3) is 22.4 Å². The van der Waals surface area contributed by atoms with Crippen molar-refractivity contribution in [2.24, 2.45) is 5.73 Å². The molecule has 166 valence electrons. The second kappa shape index (κ2) is 8.58. The monoisotopic (exact) mass is 434 g/mol. The van der Waals surface area contributed by atoms with E-state index in [-0.39, 0.29) is 29.8 Å². The first-order valence-corrected chi connectivity index (χ1v) is 11.0. The highest BCUT2D eigenvalue weighted by atomic mass is 16.5. The number of H-pyrrole nitrogens is 1. The highest BCUT2D eigenvalue weighted by Crippen LogP contribution is 2.38. The third kappa shape index (κ3) is 3.91. The molecule has 5 rings (SSSR count). The van der Waals surface area contributed by atoms with E-state index in [1.165, 1.54) is 0 Å². The van der Waals surface area contributed by atoms with Crippen LogP contribution in [-0.4, -0.2) is 61.0 Å². The molecule has 2 aliphatic heterocycles. The number of hydrogen-bond acceptors (Lipinski definition) is 7. The number of hydrogen-bond donors (Lipinski definition) is 3. The van der Waals surface area contributed by atoms with Crippen molar-refractivity contribution in [2.75, 3.05) is 6.54 Å². The summed E-state index contributed by atoms with van der Waals surface area (Å²) in [5.74, 6) is 0.730. The van der Waals surface area contributed by atoms with Crippen molar-refractivity contribution < 1.29 is 14.6 Å². The molecule has 32 heavy (non-hydrogen) atoms. The molecule has 1 aromatic carbocycles. The van der Waals surface area contributed by atoms with Crippen LogP contribution in [0.4, 0.5) is 0 Å². The molecule has 0 radical (unpaired) electrons. The minimum Gasteiger partial charge on any atom is -0.507 e. The fourth-order valence-corrected chi connectivity index (χ4v) is 4.92. The number of aromatic hydroxyl groups is 1. The fraction of sp³-hybridized carbons (Fsp3) is 0.391. The molecule has 1 amide bonds. The second-order valence-electron chi connectivity index (χ2n) is 8.41. The van der Waals surface area contributed by atoms with E-state index in [0.717, 1.165) is 36.8 Å². The van der Waals surface area contributed by atoms with E-state index in [4.69, 9.17) is 10.5 Å². The Hall–Kier alpha value is -3.46. The quantitative estimate of drug-likeness (QED) is 0.543. The zero-order valence-electron chi connectivity index (χ0n) is 17.6. The summed E-state index contributed by atoms with van der Waals surface area (Å²) in [6, 6.07) is 9.41. The molecule has 2 aliphatic rings. The Balaban J connectivity index is 1.25. The maximum atomic E-state index is 12.4. The molecule has 4 N–H and O–H groups in total. The Morgan fingerprint density at radius 2 is 1.97 bits per heavy atom. The van der Waals surface area contributed by atoms with Crippen molar-refractivity contribution in [1.29, 1.82) is 0 Å². The van der Waals surface area contributed by atoms with Crippen molar-refractivity contribution in [3.05, 3.63) is 42.7 Å². The molecule has 0 unspecified atom stereocenters. The third-order valence-corrected chi connectivity index (χ3v) is 6.37. The van der Waals surface area contributed by atoms with Gasteiger partial charge in [-0.05, 0) is 36.6 Å². The van der Waals surface area contributed by atoms with E-state index >= 15 is 0 Å². The van der Waals surface area contributed by atoms with Crippen molar-refractivity contribution in [3.8, 4) is 34.0 Å². The highest BCUT2D eigenvalue weighted by molar-refractivity contribution is 5.77. The number of phenolic OH excluding ortho intramolecular Hbond substituents is 1. The lowest BCUT2D eigenvalue weighted by atomic mass is 9.99. The predicted molar refractivity (Wildman–Crippen MR) is 118 cm³/mol. The van der Waals surface area contributed by atoms with E-state index in [0.29, 0.717) is 30.1 Å². The molecule has 2 bridgehead atoms. The number of nitrogens with one attached hydrogen (secondary N) is 1. The van der Waals surface area contributed by atoms with Crippen LogP contribution in [0.15, 0.2) is 42.7 Å². The maximum absolute atomic E-state index is 12.4. The number of amides is 1. The molecule has 2 fully saturated rings. The number of fused-ring (bicyclic) bond motifs is 2. The van der Waals surface area contributed by atoms with Gasteiger partial charge in [0.05, 0.1) is 11.9 Å². The SMILES string of the molecule is NCCC(=O)N1[C@@H]2CC[C@H]1C[C@H](Oc1ccc(-c3ccc(-c4cn[nH]c4)cc3O)nn1)C2. The van der Waals surface area contributed by atoms with Crippen LogP contribution in [0.3, 0.4) is 0 Å².